The van der Waals surface area contributed by atoms with Gasteiger partial charge in [-0.2, -0.15) is 0 Å². The zero-order chi connectivity index (χ0) is 13.0. The number of carbonyl (C=O) groups excluding carboxylic acids is 1. The van der Waals surface area contributed by atoms with Gasteiger partial charge in [0.25, 0.3) is 0 Å². The summed E-state index contributed by atoms with van der Waals surface area (Å²) in [5, 5.41) is 27.6. The molecule has 94 valence electrons. The van der Waals surface area contributed by atoms with Crippen LogP contribution in [0.25, 0.3) is 0 Å². The molecule has 1 aromatic rings. The summed E-state index contributed by atoms with van der Waals surface area (Å²) in [4.78, 5) is 12.8. The van der Waals surface area contributed by atoms with Crippen LogP contribution in [0, 0.1) is 0 Å². The van der Waals surface area contributed by atoms with E-state index >= 15 is 0 Å². The Labute approximate surface area is 98.7 Å². The summed E-state index contributed by atoms with van der Waals surface area (Å²) < 4.78 is 4.55. The first-order valence-electron chi connectivity index (χ1n) is 4.94. The van der Waals surface area contributed by atoms with Gasteiger partial charge >= 0.3 is 5.97 Å². The molecular formula is C11H15NO5. The first kappa shape index (κ1) is 13.1. The number of rotatable bonds is 4. The van der Waals surface area contributed by atoms with Crippen LogP contribution in [0.4, 0.5) is 5.69 Å². The van der Waals surface area contributed by atoms with Gasteiger partial charge in [-0.1, -0.05) is 0 Å². The molecule has 0 unspecified atom stereocenters. The number of hydrogen-bond acceptors (Lipinski definition) is 6. The Morgan fingerprint density at radius 3 is 2.53 bits per heavy atom. The van der Waals surface area contributed by atoms with E-state index in [4.69, 9.17) is 10.2 Å². The molecule has 1 aromatic carbocycles. The third kappa shape index (κ3) is 2.79. The van der Waals surface area contributed by atoms with Gasteiger partial charge in [-0.15, -0.1) is 0 Å². The number of aromatic hydroxyl groups is 2. The lowest BCUT2D eigenvalue weighted by Gasteiger charge is -2.26. The molecule has 0 bridgehead atoms. The van der Waals surface area contributed by atoms with E-state index in [2.05, 4.69) is 4.74 Å². The van der Waals surface area contributed by atoms with E-state index in [-0.39, 0.29) is 11.5 Å². The number of benzene rings is 1. The highest BCUT2D eigenvalue weighted by Gasteiger charge is 2.23. The van der Waals surface area contributed by atoms with Crippen molar-refractivity contribution in [2.75, 3.05) is 25.7 Å². The third-order valence-electron chi connectivity index (χ3n) is 2.48. The maximum Gasteiger partial charge on any atom is 0.330 e. The van der Waals surface area contributed by atoms with Crippen molar-refractivity contribution in [1.29, 1.82) is 0 Å². The van der Waals surface area contributed by atoms with E-state index in [9.17, 15) is 9.90 Å². The van der Waals surface area contributed by atoms with Crippen molar-refractivity contribution in [3.05, 3.63) is 18.2 Å². The minimum Gasteiger partial charge on any atom is -0.504 e. The fourth-order valence-electron chi connectivity index (χ4n) is 1.40. The molecule has 0 amide bonds. The molecule has 6 heteroatoms. The summed E-state index contributed by atoms with van der Waals surface area (Å²) in [6.07, 6.45) is 0. The van der Waals surface area contributed by atoms with Gasteiger partial charge in [-0.25, -0.2) is 4.79 Å². The third-order valence-corrected chi connectivity index (χ3v) is 2.48. The van der Waals surface area contributed by atoms with Crippen molar-refractivity contribution in [2.45, 2.75) is 6.04 Å². The van der Waals surface area contributed by atoms with Crippen molar-refractivity contribution in [3.8, 4) is 11.5 Å². The van der Waals surface area contributed by atoms with Crippen LogP contribution in [-0.4, -0.2) is 48.1 Å². The Balaban J connectivity index is 2.97. The lowest BCUT2D eigenvalue weighted by Crippen LogP contribution is -2.42. The molecule has 0 aliphatic rings. The molecule has 1 atom stereocenters. The number of aliphatic hydroxyl groups is 1. The van der Waals surface area contributed by atoms with E-state index in [1.54, 1.807) is 7.05 Å². The molecule has 0 saturated heterocycles. The maximum atomic E-state index is 11.4. The van der Waals surface area contributed by atoms with Gasteiger partial charge < -0.3 is 25.0 Å². The van der Waals surface area contributed by atoms with Gasteiger partial charge in [0.2, 0.25) is 0 Å². The molecule has 0 heterocycles. The van der Waals surface area contributed by atoms with Crippen molar-refractivity contribution < 1.29 is 24.9 Å². The second kappa shape index (κ2) is 5.40. The number of aliphatic hydroxyl groups excluding tert-OH is 1. The van der Waals surface area contributed by atoms with Gasteiger partial charge in [-0.05, 0) is 12.1 Å². The van der Waals surface area contributed by atoms with E-state index in [1.165, 1.54) is 30.2 Å². The molecule has 0 aliphatic heterocycles. The Morgan fingerprint density at radius 2 is 2.06 bits per heavy atom. The molecule has 0 saturated carbocycles. The minimum atomic E-state index is -0.857. The smallest absolute Gasteiger partial charge is 0.330 e. The standard InChI is InChI=1S/C11H15NO5/c1-12(8(6-13)11(16)17-2)7-3-4-9(14)10(15)5-7/h3-5,8,13-15H,6H2,1-2H3/t8-/m1/s1. The number of ether oxygens (including phenoxy) is 1. The summed E-state index contributed by atoms with van der Waals surface area (Å²) in [6, 6.07) is 3.25. The molecule has 6 nitrogen and oxygen atoms in total. The first-order valence-corrected chi connectivity index (χ1v) is 4.94. The Morgan fingerprint density at radius 1 is 1.41 bits per heavy atom. The number of nitrogens with zero attached hydrogens (tertiary/aromatic N) is 1. The van der Waals surface area contributed by atoms with Crippen LogP contribution in [0.15, 0.2) is 18.2 Å². The number of likely N-dealkylation sites (N-methyl/N-ethyl adjacent to an activating group) is 1. The van der Waals surface area contributed by atoms with Gasteiger partial charge in [0, 0.05) is 18.8 Å². The number of methoxy groups -OCH3 is 1. The summed E-state index contributed by atoms with van der Waals surface area (Å²) >= 11 is 0. The second-order valence-electron chi connectivity index (χ2n) is 3.51. The minimum absolute atomic E-state index is 0.249. The number of phenolic OH excluding ortho intramolecular Hbond substituents is 2. The van der Waals surface area contributed by atoms with Crippen LogP contribution in [-0.2, 0) is 9.53 Å². The molecule has 1 rings (SSSR count). The molecular weight excluding hydrogens is 226 g/mol. The quantitative estimate of drug-likeness (QED) is 0.510. The van der Waals surface area contributed by atoms with Crippen molar-refractivity contribution >= 4 is 11.7 Å². The highest BCUT2D eigenvalue weighted by Crippen LogP contribution is 2.29. The Hall–Kier alpha value is -1.95. The SMILES string of the molecule is COC(=O)[C@@H](CO)N(C)c1ccc(O)c(O)c1. The van der Waals surface area contributed by atoms with Gasteiger partial charge in [-0.3, -0.25) is 0 Å². The van der Waals surface area contributed by atoms with E-state index in [1.807, 2.05) is 0 Å². The van der Waals surface area contributed by atoms with Crippen LogP contribution in [0.1, 0.15) is 0 Å². The Kier molecular flexibility index (Phi) is 4.17. The van der Waals surface area contributed by atoms with Crippen LogP contribution in [0.3, 0.4) is 0 Å². The summed E-state index contributed by atoms with van der Waals surface area (Å²) in [7, 11) is 2.80. The second-order valence-corrected chi connectivity index (χ2v) is 3.51. The molecule has 0 fully saturated rings. The predicted octanol–water partition coefficient (Wildman–Crippen LogP) is 0.0679. The maximum absolute atomic E-state index is 11.4. The van der Waals surface area contributed by atoms with E-state index in [0.717, 1.165) is 0 Å². The zero-order valence-electron chi connectivity index (χ0n) is 9.62. The van der Waals surface area contributed by atoms with Gasteiger partial charge in [0.05, 0.1) is 13.7 Å². The topological polar surface area (TPSA) is 90.2 Å². The molecule has 0 aliphatic carbocycles. The van der Waals surface area contributed by atoms with Crippen LogP contribution in [0.5, 0.6) is 11.5 Å². The average molecular weight is 241 g/mol. The fourth-order valence-corrected chi connectivity index (χ4v) is 1.40. The first-order chi connectivity index (χ1) is 8.01. The normalized spacial score (nSPS) is 11.9. The summed E-state index contributed by atoms with van der Waals surface area (Å²) in [5.41, 5.74) is 0.477. The van der Waals surface area contributed by atoms with Crippen LogP contribution >= 0.6 is 0 Å². The molecule has 0 aromatic heterocycles. The molecule has 0 spiro atoms. The average Bonchev–Trinajstić information content (AvgIpc) is 2.33. The highest BCUT2D eigenvalue weighted by molar-refractivity contribution is 5.80. The van der Waals surface area contributed by atoms with Gasteiger partial charge in [0.15, 0.2) is 17.5 Å². The van der Waals surface area contributed by atoms with Crippen molar-refractivity contribution in [3.63, 3.8) is 0 Å². The van der Waals surface area contributed by atoms with Crippen molar-refractivity contribution in [2.24, 2.45) is 0 Å². The fraction of sp³-hybridized carbons (Fsp3) is 0.364. The lowest BCUT2D eigenvalue weighted by atomic mass is 10.2. The van der Waals surface area contributed by atoms with E-state index < -0.39 is 18.6 Å². The molecule has 0 radical (unpaired) electrons. The number of anilines is 1. The lowest BCUT2D eigenvalue weighted by molar-refractivity contribution is -0.143. The highest BCUT2D eigenvalue weighted by atomic mass is 16.5. The number of esters is 1. The van der Waals surface area contributed by atoms with Crippen molar-refractivity contribution in [1.82, 2.24) is 0 Å². The van der Waals surface area contributed by atoms with E-state index in [0.29, 0.717) is 5.69 Å². The van der Waals surface area contributed by atoms with Crippen LogP contribution in [0.2, 0.25) is 0 Å². The number of carbonyl (C=O) groups is 1. The van der Waals surface area contributed by atoms with Crippen LogP contribution < -0.4 is 4.90 Å². The predicted molar refractivity (Wildman–Crippen MR) is 61.1 cm³/mol. The summed E-state index contributed by atoms with van der Waals surface area (Å²) in [5.74, 6) is -1.13. The number of hydrogen-bond donors (Lipinski definition) is 3. The zero-order valence-corrected chi connectivity index (χ0v) is 9.62. The summed E-state index contributed by atoms with van der Waals surface area (Å²) in [6.45, 7) is -0.412. The molecule has 17 heavy (non-hydrogen) atoms. The Bertz CT molecular complexity index is 407. The number of phenols is 2. The van der Waals surface area contributed by atoms with Gasteiger partial charge in [0.1, 0.15) is 0 Å². The monoisotopic (exact) mass is 241 g/mol. The molecule has 3 N–H and O–H groups in total. The largest absolute Gasteiger partial charge is 0.504 e.